The SMILES string of the molecule is CSc1ccc(CNC(=O)c2cc3n(n2)CC(C)(C(=O)NCc2ccc(F)cc2)N(C)C3=O)cc1. The quantitative estimate of drug-likeness (QED) is 0.492. The van der Waals surface area contributed by atoms with E-state index >= 15 is 0 Å². The molecule has 35 heavy (non-hydrogen) atoms. The van der Waals surface area contributed by atoms with Crippen LogP contribution in [0.5, 0.6) is 0 Å². The summed E-state index contributed by atoms with van der Waals surface area (Å²) in [5.74, 6) is -1.55. The molecule has 2 aromatic carbocycles. The first kappa shape index (κ1) is 24.5. The molecule has 8 nitrogen and oxygen atoms in total. The standard InChI is InChI=1S/C25H26FN5O3S/c1-25(24(34)28-14-16-4-8-18(26)9-5-16)15-31-21(23(33)30(25)2)12-20(29-31)22(32)27-13-17-6-10-19(35-3)11-7-17/h4-12H,13-15H2,1-3H3,(H,27,32)(H,28,34). The van der Waals surface area contributed by atoms with E-state index in [1.54, 1.807) is 37.9 Å². The van der Waals surface area contributed by atoms with E-state index in [2.05, 4.69) is 15.7 Å². The van der Waals surface area contributed by atoms with Gasteiger partial charge in [0.1, 0.15) is 17.1 Å². The van der Waals surface area contributed by atoms with Crippen molar-refractivity contribution in [2.75, 3.05) is 13.3 Å². The van der Waals surface area contributed by atoms with E-state index in [1.165, 1.54) is 27.8 Å². The molecular formula is C25H26FN5O3S. The lowest BCUT2D eigenvalue weighted by Crippen LogP contribution is -2.62. The maximum absolute atomic E-state index is 13.1. The minimum absolute atomic E-state index is 0.0866. The molecule has 1 aliphatic rings. The highest BCUT2D eigenvalue weighted by Gasteiger charge is 2.46. The molecule has 2 heterocycles. The van der Waals surface area contributed by atoms with Gasteiger partial charge in [0.2, 0.25) is 5.91 Å². The lowest BCUT2D eigenvalue weighted by Gasteiger charge is -2.40. The van der Waals surface area contributed by atoms with Crippen LogP contribution in [0.2, 0.25) is 0 Å². The summed E-state index contributed by atoms with van der Waals surface area (Å²) in [5.41, 5.74) is 0.809. The van der Waals surface area contributed by atoms with Crippen molar-refractivity contribution >= 4 is 29.5 Å². The Bertz CT molecular complexity index is 1260. The second-order valence-corrected chi connectivity index (χ2v) is 9.43. The van der Waals surface area contributed by atoms with Crippen LogP contribution in [-0.2, 0) is 24.4 Å². The lowest BCUT2D eigenvalue weighted by atomic mass is 9.96. The number of carbonyl (C=O) groups is 3. The Kier molecular flexibility index (Phi) is 6.93. The van der Waals surface area contributed by atoms with Gasteiger partial charge in [0.25, 0.3) is 11.8 Å². The largest absolute Gasteiger partial charge is 0.350 e. The fourth-order valence-corrected chi connectivity index (χ4v) is 4.24. The van der Waals surface area contributed by atoms with Gasteiger partial charge in [0.15, 0.2) is 5.69 Å². The van der Waals surface area contributed by atoms with Crippen molar-refractivity contribution in [3.05, 3.63) is 82.9 Å². The number of nitrogens with one attached hydrogen (secondary N) is 2. The average Bonchev–Trinajstić information content (AvgIpc) is 3.29. The number of thioether (sulfide) groups is 1. The monoisotopic (exact) mass is 495 g/mol. The van der Waals surface area contributed by atoms with Crippen LogP contribution >= 0.6 is 11.8 Å². The highest BCUT2D eigenvalue weighted by Crippen LogP contribution is 2.26. The van der Waals surface area contributed by atoms with Gasteiger partial charge in [-0.3, -0.25) is 19.1 Å². The number of hydrogen-bond donors (Lipinski definition) is 2. The molecule has 0 bridgehead atoms. The van der Waals surface area contributed by atoms with Gasteiger partial charge in [0, 0.05) is 31.1 Å². The highest BCUT2D eigenvalue weighted by molar-refractivity contribution is 7.98. The molecule has 0 radical (unpaired) electrons. The minimum Gasteiger partial charge on any atom is -0.350 e. The van der Waals surface area contributed by atoms with Crippen LogP contribution in [0.3, 0.4) is 0 Å². The third-order valence-corrected chi connectivity index (χ3v) is 6.95. The summed E-state index contributed by atoms with van der Waals surface area (Å²) in [5, 5.41) is 9.94. The number of rotatable bonds is 7. The number of nitrogens with zero attached hydrogens (tertiary/aromatic N) is 3. The summed E-state index contributed by atoms with van der Waals surface area (Å²) in [6.07, 6.45) is 2.00. The minimum atomic E-state index is -1.22. The van der Waals surface area contributed by atoms with E-state index in [4.69, 9.17) is 0 Å². The number of carbonyl (C=O) groups excluding carboxylic acids is 3. The maximum Gasteiger partial charge on any atom is 0.272 e. The molecule has 3 amide bonds. The fourth-order valence-electron chi connectivity index (χ4n) is 3.83. The molecule has 1 aliphatic heterocycles. The first-order chi connectivity index (χ1) is 16.7. The van der Waals surface area contributed by atoms with Crippen LogP contribution < -0.4 is 10.6 Å². The molecule has 0 saturated heterocycles. The summed E-state index contributed by atoms with van der Waals surface area (Å²) in [7, 11) is 1.55. The van der Waals surface area contributed by atoms with Gasteiger partial charge in [-0.1, -0.05) is 24.3 Å². The molecule has 0 spiro atoms. The predicted molar refractivity (Wildman–Crippen MR) is 130 cm³/mol. The summed E-state index contributed by atoms with van der Waals surface area (Å²) in [4.78, 5) is 41.3. The zero-order valence-electron chi connectivity index (χ0n) is 19.7. The third-order valence-electron chi connectivity index (χ3n) is 6.20. The van der Waals surface area contributed by atoms with Crippen LogP contribution in [0.4, 0.5) is 4.39 Å². The van der Waals surface area contributed by atoms with Crippen molar-refractivity contribution in [2.24, 2.45) is 0 Å². The normalized spacial score (nSPS) is 17.1. The van der Waals surface area contributed by atoms with E-state index in [9.17, 15) is 18.8 Å². The molecule has 1 aromatic heterocycles. The summed E-state index contributed by atoms with van der Waals surface area (Å²) in [6.45, 7) is 2.25. The van der Waals surface area contributed by atoms with Gasteiger partial charge < -0.3 is 15.5 Å². The Labute approximate surface area is 206 Å². The van der Waals surface area contributed by atoms with Gasteiger partial charge in [-0.2, -0.15) is 5.10 Å². The van der Waals surface area contributed by atoms with Crippen LogP contribution in [0.25, 0.3) is 0 Å². The molecule has 10 heteroatoms. The van der Waals surface area contributed by atoms with E-state index in [-0.39, 0.29) is 36.2 Å². The zero-order chi connectivity index (χ0) is 25.2. The molecule has 4 rings (SSSR count). The molecule has 0 fully saturated rings. The third kappa shape index (κ3) is 5.07. The number of likely N-dealkylation sites (N-methyl/N-ethyl adjacent to an activating group) is 1. The first-order valence-corrected chi connectivity index (χ1v) is 12.2. The molecule has 1 atom stereocenters. The molecule has 182 valence electrons. The Morgan fingerprint density at radius 3 is 2.29 bits per heavy atom. The van der Waals surface area contributed by atoms with Crippen molar-refractivity contribution < 1.29 is 18.8 Å². The molecule has 0 saturated carbocycles. The number of halogens is 1. The van der Waals surface area contributed by atoms with Crippen molar-refractivity contribution in [1.29, 1.82) is 0 Å². The predicted octanol–water partition coefficient (Wildman–Crippen LogP) is 2.83. The van der Waals surface area contributed by atoms with Gasteiger partial charge in [0.05, 0.1) is 6.54 Å². The second kappa shape index (κ2) is 9.91. The van der Waals surface area contributed by atoms with E-state index in [0.717, 1.165) is 16.0 Å². The van der Waals surface area contributed by atoms with Crippen molar-refractivity contribution in [3.63, 3.8) is 0 Å². The topological polar surface area (TPSA) is 96.3 Å². The van der Waals surface area contributed by atoms with Crippen LogP contribution in [0, 0.1) is 5.82 Å². The van der Waals surface area contributed by atoms with Crippen molar-refractivity contribution in [1.82, 2.24) is 25.3 Å². The summed E-state index contributed by atoms with van der Waals surface area (Å²) in [6, 6.07) is 15.1. The van der Waals surface area contributed by atoms with Crippen LogP contribution in [0.1, 0.15) is 39.0 Å². The first-order valence-electron chi connectivity index (χ1n) is 11.0. The Morgan fingerprint density at radius 2 is 1.66 bits per heavy atom. The van der Waals surface area contributed by atoms with Crippen molar-refractivity contribution in [2.45, 2.75) is 37.0 Å². The van der Waals surface area contributed by atoms with Gasteiger partial charge >= 0.3 is 0 Å². The summed E-state index contributed by atoms with van der Waals surface area (Å²) >= 11 is 1.64. The van der Waals surface area contributed by atoms with E-state index in [0.29, 0.717) is 6.54 Å². The van der Waals surface area contributed by atoms with Crippen LogP contribution in [0.15, 0.2) is 59.5 Å². The Balaban J connectivity index is 1.44. The van der Waals surface area contributed by atoms with Crippen molar-refractivity contribution in [3.8, 4) is 0 Å². The maximum atomic E-state index is 13.1. The van der Waals surface area contributed by atoms with E-state index in [1.807, 2.05) is 30.5 Å². The number of fused-ring (bicyclic) bond motifs is 1. The molecule has 1 unspecified atom stereocenters. The zero-order valence-corrected chi connectivity index (χ0v) is 20.5. The molecular weight excluding hydrogens is 469 g/mol. The molecule has 3 aromatic rings. The Morgan fingerprint density at radius 1 is 1.06 bits per heavy atom. The Hall–Kier alpha value is -3.66. The van der Waals surface area contributed by atoms with Gasteiger partial charge in [-0.05, 0) is 48.6 Å². The number of amides is 3. The van der Waals surface area contributed by atoms with E-state index < -0.39 is 17.4 Å². The average molecular weight is 496 g/mol. The lowest BCUT2D eigenvalue weighted by molar-refractivity contribution is -0.132. The fraction of sp³-hybridized carbons (Fsp3) is 0.280. The van der Waals surface area contributed by atoms with Crippen LogP contribution in [-0.4, -0.2) is 51.2 Å². The van der Waals surface area contributed by atoms with Gasteiger partial charge in [-0.15, -0.1) is 11.8 Å². The smallest absolute Gasteiger partial charge is 0.272 e. The number of aromatic nitrogens is 2. The molecule has 0 aliphatic carbocycles. The second-order valence-electron chi connectivity index (χ2n) is 8.55. The summed E-state index contributed by atoms with van der Waals surface area (Å²) < 4.78 is 14.5. The number of hydrogen-bond acceptors (Lipinski definition) is 5. The van der Waals surface area contributed by atoms with Gasteiger partial charge in [-0.25, -0.2) is 4.39 Å². The molecule has 2 N–H and O–H groups in total. The number of benzene rings is 2. The highest BCUT2D eigenvalue weighted by atomic mass is 32.2.